The monoisotopic (exact) mass is 318 g/mol. The summed E-state index contributed by atoms with van der Waals surface area (Å²) in [5, 5.41) is 11.6. The molecular weight excluding hydrogens is 284 g/mol. The van der Waals surface area contributed by atoms with Crippen molar-refractivity contribution in [2.24, 2.45) is 0 Å². The second-order valence-electron chi connectivity index (χ2n) is 5.98. The molecule has 3 atom stereocenters. The molecule has 0 amide bonds. The van der Waals surface area contributed by atoms with E-state index in [1.54, 1.807) is 0 Å². The van der Waals surface area contributed by atoms with Gasteiger partial charge >= 0.3 is 0 Å². The number of unbranched alkanes of at least 4 members (excludes halogenated alkanes) is 7. The number of thioether (sulfide) groups is 2. The molecule has 120 valence electrons. The Kier molecular flexibility index (Phi) is 11.4. The molecule has 3 unspecified atom stereocenters. The van der Waals surface area contributed by atoms with Crippen molar-refractivity contribution < 1.29 is 5.11 Å². The normalized spacial score (nSPS) is 24.8. The van der Waals surface area contributed by atoms with Crippen LogP contribution in [-0.4, -0.2) is 33.2 Å². The van der Waals surface area contributed by atoms with Crippen LogP contribution in [0.5, 0.6) is 0 Å². The molecule has 20 heavy (non-hydrogen) atoms. The van der Waals surface area contributed by atoms with Gasteiger partial charge in [-0.3, -0.25) is 0 Å². The van der Waals surface area contributed by atoms with E-state index in [0.29, 0.717) is 10.5 Å². The van der Waals surface area contributed by atoms with Gasteiger partial charge in [-0.25, -0.2) is 0 Å². The maximum atomic E-state index is 10.4. The van der Waals surface area contributed by atoms with E-state index in [1.165, 1.54) is 69.3 Å². The van der Waals surface area contributed by atoms with Crippen molar-refractivity contribution in [3.63, 3.8) is 0 Å². The van der Waals surface area contributed by atoms with Crippen LogP contribution in [0.25, 0.3) is 0 Å². The zero-order valence-corrected chi connectivity index (χ0v) is 15.1. The van der Waals surface area contributed by atoms with Gasteiger partial charge in [-0.15, -0.1) is 0 Å². The maximum absolute atomic E-state index is 10.4. The molecule has 0 bridgehead atoms. The molecule has 3 heteroatoms. The summed E-state index contributed by atoms with van der Waals surface area (Å²) >= 11 is 4.08. The molecular formula is C17H34OS2. The second-order valence-corrected chi connectivity index (χ2v) is 8.62. The zero-order valence-electron chi connectivity index (χ0n) is 13.5. The molecule has 0 aromatic heterocycles. The minimum Gasteiger partial charge on any atom is -0.392 e. The predicted molar refractivity (Wildman–Crippen MR) is 96.0 cm³/mol. The quantitative estimate of drug-likeness (QED) is 0.508. The van der Waals surface area contributed by atoms with Crippen molar-refractivity contribution >= 4 is 23.5 Å². The summed E-state index contributed by atoms with van der Waals surface area (Å²) in [6.07, 6.45) is 13.0. The van der Waals surface area contributed by atoms with E-state index < -0.39 is 0 Å². The van der Waals surface area contributed by atoms with E-state index in [-0.39, 0.29) is 6.10 Å². The minimum absolute atomic E-state index is 0.0714. The molecule has 1 heterocycles. The van der Waals surface area contributed by atoms with Crippen LogP contribution >= 0.6 is 23.5 Å². The summed E-state index contributed by atoms with van der Waals surface area (Å²) in [6, 6.07) is 0. The summed E-state index contributed by atoms with van der Waals surface area (Å²) < 4.78 is 0. The standard InChI is InChI=1S/C17H34OS2/c1-3-5-6-7-8-9-10-11-12-15(18)17-16(4-2)19-13-14-20-17/h15-18H,3-14H2,1-2H3. The molecule has 1 aliphatic rings. The van der Waals surface area contributed by atoms with E-state index in [1.807, 2.05) is 11.8 Å². The van der Waals surface area contributed by atoms with Gasteiger partial charge in [-0.05, 0) is 12.8 Å². The van der Waals surface area contributed by atoms with Gasteiger partial charge < -0.3 is 5.11 Å². The fraction of sp³-hybridized carbons (Fsp3) is 1.00. The van der Waals surface area contributed by atoms with Crippen LogP contribution in [0.3, 0.4) is 0 Å². The molecule has 0 radical (unpaired) electrons. The van der Waals surface area contributed by atoms with Crippen LogP contribution in [0.1, 0.15) is 78.1 Å². The molecule has 0 saturated carbocycles. The van der Waals surface area contributed by atoms with Crippen LogP contribution < -0.4 is 0 Å². The summed E-state index contributed by atoms with van der Waals surface area (Å²) in [7, 11) is 0. The minimum atomic E-state index is -0.0714. The average molecular weight is 319 g/mol. The fourth-order valence-electron chi connectivity index (χ4n) is 2.95. The predicted octanol–water partition coefficient (Wildman–Crippen LogP) is 5.51. The molecule has 1 nitrogen and oxygen atoms in total. The van der Waals surface area contributed by atoms with Crippen LogP contribution in [-0.2, 0) is 0 Å². The lowest BCUT2D eigenvalue weighted by atomic mass is 10.0. The molecule has 1 fully saturated rings. The second kappa shape index (κ2) is 12.2. The number of aliphatic hydroxyl groups excluding tert-OH is 1. The first-order valence-corrected chi connectivity index (χ1v) is 10.8. The molecule has 0 aromatic carbocycles. The smallest absolute Gasteiger partial charge is 0.0669 e. The molecule has 1 N–H and O–H groups in total. The van der Waals surface area contributed by atoms with E-state index in [2.05, 4.69) is 25.6 Å². The molecule has 1 saturated heterocycles. The van der Waals surface area contributed by atoms with Crippen LogP contribution in [0, 0.1) is 0 Å². The first-order chi connectivity index (χ1) is 9.79. The lowest BCUT2D eigenvalue weighted by molar-refractivity contribution is 0.155. The van der Waals surface area contributed by atoms with Crippen LogP contribution in [0.2, 0.25) is 0 Å². The van der Waals surface area contributed by atoms with Gasteiger partial charge in [-0.1, -0.05) is 65.2 Å². The third kappa shape index (κ3) is 7.61. The van der Waals surface area contributed by atoms with Gasteiger partial charge in [0, 0.05) is 22.0 Å². The van der Waals surface area contributed by atoms with Crippen molar-refractivity contribution in [1.29, 1.82) is 0 Å². The Hall–Kier alpha value is 0.660. The lowest BCUT2D eigenvalue weighted by Gasteiger charge is -2.33. The fourth-order valence-corrected chi connectivity index (χ4v) is 6.13. The summed E-state index contributed by atoms with van der Waals surface area (Å²) in [5.74, 6) is 2.49. The molecule has 1 rings (SSSR count). The Labute approximate surface area is 135 Å². The lowest BCUT2D eigenvalue weighted by Crippen LogP contribution is -2.36. The Bertz CT molecular complexity index is 223. The number of rotatable bonds is 11. The van der Waals surface area contributed by atoms with Gasteiger partial charge in [-0.2, -0.15) is 23.5 Å². The molecule has 0 aromatic rings. The summed E-state index contributed by atoms with van der Waals surface area (Å²) in [6.45, 7) is 4.53. The van der Waals surface area contributed by atoms with Crippen LogP contribution in [0.15, 0.2) is 0 Å². The number of aliphatic hydroxyl groups is 1. The van der Waals surface area contributed by atoms with Crippen molar-refractivity contribution in [2.75, 3.05) is 11.5 Å². The summed E-state index contributed by atoms with van der Waals surface area (Å²) in [5.41, 5.74) is 0. The van der Waals surface area contributed by atoms with E-state index in [4.69, 9.17) is 0 Å². The van der Waals surface area contributed by atoms with Crippen molar-refractivity contribution in [3.05, 3.63) is 0 Å². The number of hydrogen-bond donors (Lipinski definition) is 1. The molecule has 0 spiro atoms. The van der Waals surface area contributed by atoms with E-state index in [9.17, 15) is 5.11 Å². The van der Waals surface area contributed by atoms with Crippen molar-refractivity contribution in [1.82, 2.24) is 0 Å². The van der Waals surface area contributed by atoms with Crippen molar-refractivity contribution in [3.8, 4) is 0 Å². The highest BCUT2D eigenvalue weighted by atomic mass is 32.2. The maximum Gasteiger partial charge on any atom is 0.0669 e. The highest BCUT2D eigenvalue weighted by Crippen LogP contribution is 2.36. The third-order valence-corrected chi connectivity index (χ3v) is 7.62. The largest absolute Gasteiger partial charge is 0.392 e. The Morgan fingerprint density at radius 1 is 0.900 bits per heavy atom. The van der Waals surface area contributed by atoms with E-state index in [0.717, 1.165) is 6.42 Å². The first kappa shape index (κ1) is 18.7. The molecule has 0 aliphatic carbocycles. The van der Waals surface area contributed by atoms with Gasteiger partial charge in [0.2, 0.25) is 0 Å². The number of hydrogen-bond acceptors (Lipinski definition) is 3. The van der Waals surface area contributed by atoms with E-state index >= 15 is 0 Å². The molecule has 1 aliphatic heterocycles. The third-order valence-electron chi connectivity index (χ3n) is 4.23. The SMILES string of the molecule is CCCCCCCCCCC(O)C1SCCSC1CC. The first-order valence-electron chi connectivity index (χ1n) is 8.70. The van der Waals surface area contributed by atoms with Crippen molar-refractivity contribution in [2.45, 2.75) is 94.7 Å². The average Bonchev–Trinajstić information content (AvgIpc) is 2.49. The zero-order chi connectivity index (χ0) is 14.6. The highest BCUT2D eigenvalue weighted by molar-refractivity contribution is 8.07. The topological polar surface area (TPSA) is 20.2 Å². The van der Waals surface area contributed by atoms with Crippen LogP contribution in [0.4, 0.5) is 0 Å². The summed E-state index contributed by atoms with van der Waals surface area (Å²) in [4.78, 5) is 0. The van der Waals surface area contributed by atoms with Gasteiger partial charge in [0.15, 0.2) is 0 Å². The van der Waals surface area contributed by atoms with Gasteiger partial charge in [0.25, 0.3) is 0 Å². The Morgan fingerprint density at radius 3 is 2.15 bits per heavy atom. The Morgan fingerprint density at radius 2 is 1.50 bits per heavy atom. The van der Waals surface area contributed by atoms with Gasteiger partial charge in [0.1, 0.15) is 0 Å². The Balaban J connectivity index is 2.02. The highest BCUT2D eigenvalue weighted by Gasteiger charge is 2.30. The van der Waals surface area contributed by atoms with Gasteiger partial charge in [0.05, 0.1) is 6.10 Å².